The van der Waals surface area contributed by atoms with Crippen LogP contribution in [-0.4, -0.2) is 13.1 Å². The second kappa shape index (κ2) is 4.19. The Kier molecular flexibility index (Phi) is 2.70. The summed E-state index contributed by atoms with van der Waals surface area (Å²) in [5.41, 5.74) is 10.5. The molecule has 2 nitrogen and oxygen atoms in total. The van der Waals surface area contributed by atoms with Crippen molar-refractivity contribution in [1.29, 1.82) is 0 Å². The van der Waals surface area contributed by atoms with Gasteiger partial charge in [-0.05, 0) is 54.8 Å². The van der Waals surface area contributed by atoms with E-state index in [-0.39, 0.29) is 6.04 Å². The van der Waals surface area contributed by atoms with Crippen molar-refractivity contribution in [3.05, 3.63) is 34.9 Å². The molecule has 2 heteroatoms. The fraction of sp³-hybridized carbons (Fsp3) is 0.571. The Bertz CT molecular complexity index is 380. The highest BCUT2D eigenvalue weighted by atomic mass is 14.9. The SMILES string of the molecule is NC1CCc2cc(C3CCCNC3)ccc21. The summed E-state index contributed by atoms with van der Waals surface area (Å²) in [6.07, 6.45) is 4.94. The summed E-state index contributed by atoms with van der Waals surface area (Å²) in [5, 5.41) is 3.49. The summed E-state index contributed by atoms with van der Waals surface area (Å²) in [6.45, 7) is 2.33. The Balaban J connectivity index is 1.86. The van der Waals surface area contributed by atoms with Gasteiger partial charge >= 0.3 is 0 Å². The largest absolute Gasteiger partial charge is 0.324 e. The van der Waals surface area contributed by atoms with Crippen LogP contribution < -0.4 is 11.1 Å². The zero-order chi connectivity index (χ0) is 11.0. The van der Waals surface area contributed by atoms with Crippen LogP contribution in [0.15, 0.2) is 18.2 Å². The third-order valence-electron chi connectivity index (χ3n) is 4.06. The molecule has 0 amide bonds. The van der Waals surface area contributed by atoms with Crippen molar-refractivity contribution in [2.75, 3.05) is 13.1 Å². The number of nitrogens with one attached hydrogen (secondary N) is 1. The van der Waals surface area contributed by atoms with Gasteiger partial charge in [-0.25, -0.2) is 0 Å². The van der Waals surface area contributed by atoms with E-state index in [0.29, 0.717) is 0 Å². The highest BCUT2D eigenvalue weighted by Gasteiger charge is 2.21. The van der Waals surface area contributed by atoms with E-state index >= 15 is 0 Å². The third kappa shape index (κ3) is 1.76. The maximum absolute atomic E-state index is 6.06. The van der Waals surface area contributed by atoms with Crippen molar-refractivity contribution < 1.29 is 0 Å². The van der Waals surface area contributed by atoms with E-state index in [1.807, 2.05) is 0 Å². The molecule has 1 heterocycles. The van der Waals surface area contributed by atoms with Crippen LogP contribution in [-0.2, 0) is 6.42 Å². The molecule has 0 radical (unpaired) electrons. The molecule has 0 spiro atoms. The predicted octanol–water partition coefficient (Wildman–Crippen LogP) is 2.10. The number of hydrogen-bond donors (Lipinski definition) is 2. The summed E-state index contributed by atoms with van der Waals surface area (Å²) >= 11 is 0. The minimum atomic E-state index is 0.286. The standard InChI is InChI=1S/C14H20N2/c15-14-6-4-11-8-10(3-5-13(11)14)12-2-1-7-16-9-12/h3,5,8,12,14,16H,1-2,4,6-7,9,15H2. The number of rotatable bonds is 1. The zero-order valence-electron chi connectivity index (χ0n) is 9.71. The number of benzene rings is 1. The molecule has 0 aromatic heterocycles. The third-order valence-corrected chi connectivity index (χ3v) is 4.06. The van der Waals surface area contributed by atoms with Gasteiger partial charge < -0.3 is 11.1 Å². The first-order valence-electron chi connectivity index (χ1n) is 6.43. The summed E-state index contributed by atoms with van der Waals surface area (Å²) in [7, 11) is 0. The summed E-state index contributed by atoms with van der Waals surface area (Å²) < 4.78 is 0. The Hall–Kier alpha value is -0.860. The number of nitrogens with two attached hydrogens (primary N) is 1. The molecule has 86 valence electrons. The molecule has 1 fully saturated rings. The minimum absolute atomic E-state index is 0.286. The molecule has 1 aliphatic carbocycles. The summed E-state index contributed by atoms with van der Waals surface area (Å²) in [4.78, 5) is 0. The lowest BCUT2D eigenvalue weighted by atomic mass is 9.90. The zero-order valence-corrected chi connectivity index (χ0v) is 9.71. The highest BCUT2D eigenvalue weighted by molar-refractivity contribution is 5.39. The van der Waals surface area contributed by atoms with Gasteiger partial charge in [0.05, 0.1) is 0 Å². The van der Waals surface area contributed by atoms with Gasteiger partial charge in [-0.2, -0.15) is 0 Å². The quantitative estimate of drug-likeness (QED) is 0.754. The molecule has 2 unspecified atom stereocenters. The van der Waals surface area contributed by atoms with Crippen LogP contribution in [0.2, 0.25) is 0 Å². The number of hydrogen-bond acceptors (Lipinski definition) is 2. The molecule has 3 N–H and O–H groups in total. The number of piperidine rings is 1. The summed E-state index contributed by atoms with van der Waals surface area (Å²) in [6, 6.07) is 7.24. The minimum Gasteiger partial charge on any atom is -0.324 e. The van der Waals surface area contributed by atoms with Crippen molar-refractivity contribution in [3.63, 3.8) is 0 Å². The lowest BCUT2D eigenvalue weighted by Crippen LogP contribution is -2.28. The van der Waals surface area contributed by atoms with Crippen molar-refractivity contribution in [2.45, 2.75) is 37.6 Å². The predicted molar refractivity (Wildman–Crippen MR) is 66.5 cm³/mol. The van der Waals surface area contributed by atoms with Crippen molar-refractivity contribution in [2.24, 2.45) is 5.73 Å². The Labute approximate surface area is 97.2 Å². The van der Waals surface area contributed by atoms with Gasteiger partial charge in [0.25, 0.3) is 0 Å². The van der Waals surface area contributed by atoms with Crippen molar-refractivity contribution in [3.8, 4) is 0 Å². The first kappa shape index (κ1) is 10.3. The molecule has 2 atom stereocenters. The normalized spacial score (nSPS) is 29.1. The number of fused-ring (bicyclic) bond motifs is 1. The Morgan fingerprint density at radius 1 is 1.25 bits per heavy atom. The second-order valence-electron chi connectivity index (χ2n) is 5.15. The maximum Gasteiger partial charge on any atom is 0.0300 e. The average Bonchev–Trinajstić information content (AvgIpc) is 2.72. The molecule has 3 rings (SSSR count). The van der Waals surface area contributed by atoms with Crippen LogP contribution in [0.4, 0.5) is 0 Å². The fourth-order valence-electron chi connectivity index (χ4n) is 3.06. The Morgan fingerprint density at radius 3 is 3.00 bits per heavy atom. The molecule has 0 bridgehead atoms. The lowest BCUT2D eigenvalue weighted by molar-refractivity contribution is 0.461. The first-order chi connectivity index (χ1) is 7.84. The monoisotopic (exact) mass is 216 g/mol. The molecule has 1 aliphatic heterocycles. The topological polar surface area (TPSA) is 38.0 Å². The van der Waals surface area contributed by atoms with E-state index in [2.05, 4.69) is 23.5 Å². The molecule has 1 aromatic rings. The molecular formula is C14H20N2. The van der Waals surface area contributed by atoms with Crippen LogP contribution in [0, 0.1) is 0 Å². The van der Waals surface area contributed by atoms with E-state index in [1.54, 1.807) is 0 Å². The van der Waals surface area contributed by atoms with E-state index < -0.39 is 0 Å². The Morgan fingerprint density at radius 2 is 2.19 bits per heavy atom. The first-order valence-corrected chi connectivity index (χ1v) is 6.43. The highest BCUT2D eigenvalue weighted by Crippen LogP contribution is 2.33. The van der Waals surface area contributed by atoms with E-state index in [0.717, 1.165) is 18.9 Å². The van der Waals surface area contributed by atoms with Crippen LogP contribution in [0.5, 0.6) is 0 Å². The van der Waals surface area contributed by atoms with Gasteiger partial charge in [0.2, 0.25) is 0 Å². The average molecular weight is 216 g/mol. The van der Waals surface area contributed by atoms with Crippen LogP contribution in [0.3, 0.4) is 0 Å². The van der Waals surface area contributed by atoms with Gasteiger partial charge in [0.15, 0.2) is 0 Å². The van der Waals surface area contributed by atoms with Crippen LogP contribution >= 0.6 is 0 Å². The van der Waals surface area contributed by atoms with E-state index in [1.165, 1.54) is 42.5 Å². The molecule has 2 aliphatic rings. The molecule has 0 saturated carbocycles. The number of aryl methyl sites for hydroxylation is 1. The van der Waals surface area contributed by atoms with Crippen molar-refractivity contribution in [1.82, 2.24) is 5.32 Å². The van der Waals surface area contributed by atoms with Gasteiger partial charge in [0, 0.05) is 12.6 Å². The van der Waals surface area contributed by atoms with Gasteiger partial charge in [-0.1, -0.05) is 18.2 Å². The van der Waals surface area contributed by atoms with Gasteiger partial charge in [-0.3, -0.25) is 0 Å². The summed E-state index contributed by atoms with van der Waals surface area (Å²) in [5.74, 6) is 0.718. The maximum atomic E-state index is 6.06. The van der Waals surface area contributed by atoms with Crippen LogP contribution in [0.1, 0.15) is 47.9 Å². The molecular weight excluding hydrogens is 196 g/mol. The fourth-order valence-corrected chi connectivity index (χ4v) is 3.06. The van der Waals surface area contributed by atoms with Crippen molar-refractivity contribution >= 4 is 0 Å². The van der Waals surface area contributed by atoms with Gasteiger partial charge in [0.1, 0.15) is 0 Å². The van der Waals surface area contributed by atoms with Gasteiger partial charge in [-0.15, -0.1) is 0 Å². The van der Waals surface area contributed by atoms with Crippen LogP contribution in [0.25, 0.3) is 0 Å². The lowest BCUT2D eigenvalue weighted by Gasteiger charge is -2.23. The van der Waals surface area contributed by atoms with E-state index in [9.17, 15) is 0 Å². The second-order valence-corrected chi connectivity index (χ2v) is 5.15. The smallest absolute Gasteiger partial charge is 0.0300 e. The van der Waals surface area contributed by atoms with E-state index in [4.69, 9.17) is 5.73 Å². The molecule has 1 saturated heterocycles. The molecule has 16 heavy (non-hydrogen) atoms. The molecule has 1 aromatic carbocycles.